The number of aromatic nitrogens is 2. The van der Waals surface area contributed by atoms with E-state index >= 15 is 0 Å². The van der Waals surface area contributed by atoms with Crippen molar-refractivity contribution in [3.8, 4) is 17.2 Å². The molecule has 1 N–H and O–H groups in total. The van der Waals surface area contributed by atoms with Gasteiger partial charge in [-0.15, -0.1) is 0 Å². The Balaban J connectivity index is 1.57. The number of benzene rings is 2. The third-order valence-corrected chi connectivity index (χ3v) is 4.97. The molecule has 3 aromatic rings. The van der Waals surface area contributed by atoms with Gasteiger partial charge in [0.1, 0.15) is 30.3 Å². The van der Waals surface area contributed by atoms with Gasteiger partial charge in [0.05, 0.1) is 18.1 Å². The van der Waals surface area contributed by atoms with E-state index < -0.39 is 4.92 Å². The predicted octanol–water partition coefficient (Wildman–Crippen LogP) is 4.42. The lowest BCUT2D eigenvalue weighted by molar-refractivity contribution is -0.386. The lowest BCUT2D eigenvalue weighted by Gasteiger charge is -2.13. The Kier molecular flexibility index (Phi) is 8.07. The van der Waals surface area contributed by atoms with Gasteiger partial charge in [0.2, 0.25) is 5.91 Å². The number of aryl methyl sites for hydroxylation is 1. The minimum atomic E-state index is -0.490. The molecule has 0 aliphatic heterocycles. The Labute approximate surface area is 197 Å². The monoisotopic (exact) mass is 468 g/mol. The molecule has 1 aromatic heterocycles. The number of hydrogen-bond donors (Lipinski definition) is 1. The SMILES string of the molecule is CCOc1ccc(COc2ccc(NC(=O)Cn3nc(C)c([N+](=O)[O-])c3C)cc2)cc1OCC. The zero-order chi connectivity index (χ0) is 24.7. The maximum Gasteiger partial charge on any atom is 0.312 e. The largest absolute Gasteiger partial charge is 0.490 e. The van der Waals surface area contributed by atoms with Crippen LogP contribution in [0.25, 0.3) is 0 Å². The molecule has 10 nitrogen and oxygen atoms in total. The van der Waals surface area contributed by atoms with Crippen LogP contribution < -0.4 is 19.5 Å². The third-order valence-electron chi connectivity index (χ3n) is 4.97. The highest BCUT2D eigenvalue weighted by Crippen LogP contribution is 2.29. The molecule has 0 bridgehead atoms. The first-order chi connectivity index (χ1) is 16.3. The van der Waals surface area contributed by atoms with Crippen molar-refractivity contribution in [2.24, 2.45) is 0 Å². The summed E-state index contributed by atoms with van der Waals surface area (Å²) in [6.07, 6.45) is 0. The Morgan fingerprint density at radius 3 is 2.32 bits per heavy atom. The van der Waals surface area contributed by atoms with Gasteiger partial charge in [0.25, 0.3) is 0 Å². The average molecular weight is 469 g/mol. The molecule has 0 fully saturated rings. The van der Waals surface area contributed by atoms with Gasteiger partial charge in [0.15, 0.2) is 11.5 Å². The first-order valence-electron chi connectivity index (χ1n) is 10.9. The van der Waals surface area contributed by atoms with Gasteiger partial charge in [-0.05, 0) is 69.7 Å². The van der Waals surface area contributed by atoms with Crippen molar-refractivity contribution in [3.05, 3.63) is 69.5 Å². The predicted molar refractivity (Wildman–Crippen MR) is 127 cm³/mol. The van der Waals surface area contributed by atoms with Crippen molar-refractivity contribution < 1.29 is 23.9 Å². The molecule has 0 atom stereocenters. The van der Waals surface area contributed by atoms with Gasteiger partial charge in [-0.3, -0.25) is 19.6 Å². The van der Waals surface area contributed by atoms with E-state index in [1.54, 1.807) is 38.1 Å². The van der Waals surface area contributed by atoms with Crippen molar-refractivity contribution in [3.63, 3.8) is 0 Å². The number of anilines is 1. The van der Waals surface area contributed by atoms with Crippen molar-refractivity contribution in [1.29, 1.82) is 0 Å². The first kappa shape index (κ1) is 24.6. The van der Waals surface area contributed by atoms with Crippen LogP contribution in [0.1, 0.15) is 30.8 Å². The molecule has 34 heavy (non-hydrogen) atoms. The second-order valence-electron chi connectivity index (χ2n) is 7.44. The number of nitrogens with one attached hydrogen (secondary N) is 1. The van der Waals surface area contributed by atoms with E-state index in [1.165, 1.54) is 4.68 Å². The fourth-order valence-electron chi connectivity index (χ4n) is 3.43. The van der Waals surface area contributed by atoms with Crippen LogP contribution in [0.15, 0.2) is 42.5 Å². The molecule has 0 aliphatic rings. The van der Waals surface area contributed by atoms with E-state index in [0.29, 0.717) is 48.5 Å². The number of nitrogens with zero attached hydrogens (tertiary/aromatic N) is 3. The number of amides is 1. The molecule has 3 rings (SSSR count). The minimum absolute atomic E-state index is 0.0739. The van der Waals surface area contributed by atoms with E-state index in [1.807, 2.05) is 32.0 Å². The fourth-order valence-corrected chi connectivity index (χ4v) is 3.43. The Bertz CT molecular complexity index is 1160. The zero-order valence-corrected chi connectivity index (χ0v) is 19.7. The standard InChI is InChI=1S/C24H28N4O6/c1-5-32-21-12-7-18(13-22(21)33-6-2)15-34-20-10-8-19(9-11-20)25-23(29)14-27-17(4)24(28(30)31)16(3)26-27/h7-13H,5-6,14-15H2,1-4H3,(H,25,29). The van der Waals surface area contributed by atoms with Crippen LogP contribution >= 0.6 is 0 Å². The smallest absolute Gasteiger partial charge is 0.312 e. The van der Waals surface area contributed by atoms with Crippen LogP contribution in [0.3, 0.4) is 0 Å². The summed E-state index contributed by atoms with van der Waals surface area (Å²) >= 11 is 0. The molecule has 0 spiro atoms. The third kappa shape index (κ3) is 6.03. The highest BCUT2D eigenvalue weighted by molar-refractivity contribution is 5.90. The van der Waals surface area contributed by atoms with Crippen LogP contribution in [-0.2, 0) is 17.9 Å². The molecular formula is C24H28N4O6. The summed E-state index contributed by atoms with van der Waals surface area (Å²) in [5.74, 6) is 1.67. The summed E-state index contributed by atoms with van der Waals surface area (Å²) < 4.78 is 18.4. The van der Waals surface area contributed by atoms with Crippen LogP contribution in [0.5, 0.6) is 17.2 Å². The fraction of sp³-hybridized carbons (Fsp3) is 0.333. The number of rotatable bonds is 11. The molecule has 1 amide bonds. The van der Waals surface area contributed by atoms with Crippen LogP contribution in [0.2, 0.25) is 0 Å². The second-order valence-corrected chi connectivity index (χ2v) is 7.44. The average Bonchev–Trinajstić information content (AvgIpc) is 3.07. The minimum Gasteiger partial charge on any atom is -0.490 e. The number of hydrogen-bond acceptors (Lipinski definition) is 7. The van der Waals surface area contributed by atoms with Gasteiger partial charge in [0, 0.05) is 5.69 Å². The van der Waals surface area contributed by atoms with Gasteiger partial charge in [-0.25, -0.2) is 0 Å². The normalized spacial score (nSPS) is 10.6. The van der Waals surface area contributed by atoms with Gasteiger partial charge in [-0.2, -0.15) is 5.10 Å². The number of carbonyl (C=O) groups is 1. The number of carbonyl (C=O) groups excluding carboxylic acids is 1. The molecule has 10 heteroatoms. The Hall–Kier alpha value is -4.08. The molecule has 1 heterocycles. The number of ether oxygens (including phenoxy) is 3. The lowest BCUT2D eigenvalue weighted by atomic mass is 10.2. The van der Waals surface area contributed by atoms with Gasteiger partial charge < -0.3 is 19.5 Å². The topological polar surface area (TPSA) is 118 Å². The van der Waals surface area contributed by atoms with Gasteiger partial charge in [-0.1, -0.05) is 6.07 Å². The van der Waals surface area contributed by atoms with Crippen molar-refractivity contribution in [2.45, 2.75) is 40.8 Å². The van der Waals surface area contributed by atoms with E-state index in [9.17, 15) is 14.9 Å². The second kappa shape index (κ2) is 11.2. The van der Waals surface area contributed by atoms with Crippen molar-refractivity contribution >= 4 is 17.3 Å². The zero-order valence-electron chi connectivity index (χ0n) is 19.7. The van der Waals surface area contributed by atoms with Crippen LogP contribution in [0.4, 0.5) is 11.4 Å². The van der Waals surface area contributed by atoms with Crippen LogP contribution in [-0.4, -0.2) is 33.8 Å². The molecule has 0 aliphatic carbocycles. The quantitative estimate of drug-likeness (QED) is 0.327. The summed E-state index contributed by atoms with van der Waals surface area (Å²) in [5, 5.41) is 18.0. The maximum absolute atomic E-state index is 12.4. The maximum atomic E-state index is 12.4. The summed E-state index contributed by atoms with van der Waals surface area (Å²) in [4.78, 5) is 23.0. The molecule has 0 saturated heterocycles. The van der Waals surface area contributed by atoms with Crippen LogP contribution in [0, 0.1) is 24.0 Å². The molecule has 0 saturated carbocycles. The molecule has 0 unspecified atom stereocenters. The van der Waals surface area contributed by atoms with E-state index in [4.69, 9.17) is 14.2 Å². The first-order valence-corrected chi connectivity index (χ1v) is 10.9. The van der Waals surface area contributed by atoms with Crippen molar-refractivity contribution in [1.82, 2.24) is 9.78 Å². The summed E-state index contributed by atoms with van der Waals surface area (Å²) in [7, 11) is 0. The van der Waals surface area contributed by atoms with E-state index in [-0.39, 0.29) is 23.8 Å². The van der Waals surface area contributed by atoms with Crippen molar-refractivity contribution in [2.75, 3.05) is 18.5 Å². The lowest BCUT2D eigenvalue weighted by Crippen LogP contribution is -2.20. The molecule has 0 radical (unpaired) electrons. The summed E-state index contributed by atoms with van der Waals surface area (Å²) in [6, 6.07) is 12.6. The molecule has 2 aromatic carbocycles. The Morgan fingerprint density at radius 1 is 1.03 bits per heavy atom. The molecule has 180 valence electrons. The number of nitro groups is 1. The highest BCUT2D eigenvalue weighted by atomic mass is 16.6. The summed E-state index contributed by atoms with van der Waals surface area (Å²) in [6.45, 7) is 8.26. The highest BCUT2D eigenvalue weighted by Gasteiger charge is 2.22. The summed E-state index contributed by atoms with van der Waals surface area (Å²) in [5.41, 5.74) is 2.05. The van der Waals surface area contributed by atoms with Gasteiger partial charge >= 0.3 is 5.69 Å². The van der Waals surface area contributed by atoms with E-state index in [2.05, 4.69) is 10.4 Å². The Morgan fingerprint density at radius 2 is 1.71 bits per heavy atom. The van der Waals surface area contributed by atoms with E-state index in [0.717, 1.165) is 5.56 Å². The molecular weight excluding hydrogens is 440 g/mol.